The summed E-state index contributed by atoms with van der Waals surface area (Å²) in [6.45, 7) is 0. The van der Waals surface area contributed by atoms with E-state index in [1.807, 2.05) is 0 Å². The molecule has 0 radical (unpaired) electrons. The lowest BCUT2D eigenvalue weighted by molar-refractivity contribution is -1.15. The van der Waals surface area contributed by atoms with Crippen LogP contribution in [0, 0.1) is 0 Å². The van der Waals surface area contributed by atoms with Crippen molar-refractivity contribution in [3.05, 3.63) is 11.5 Å². The Kier molecular flexibility index (Phi) is 3.66. The maximum Gasteiger partial charge on any atom is 0.387 e. The van der Waals surface area contributed by atoms with Crippen LogP contribution >= 0.6 is 0 Å². The molecule has 13 nitrogen and oxygen atoms in total. The molecule has 0 heterocycles. The summed E-state index contributed by atoms with van der Waals surface area (Å²) in [6, 6.07) is 0. The molecule has 0 bridgehead atoms. The molecule has 0 aromatic heterocycles. The van der Waals surface area contributed by atoms with Crippen LogP contribution in [0.4, 0.5) is 0 Å². The van der Waals surface area contributed by atoms with Gasteiger partial charge < -0.3 is 56.2 Å². The fourth-order valence-electron chi connectivity index (χ4n) is 1.95. The van der Waals surface area contributed by atoms with Gasteiger partial charge in [-0.1, -0.05) is 0 Å². The number of rotatable bonds is 2. The maximum atomic E-state index is 10.1. The molecular formula is C9H18NO12+. The average Bonchev–Trinajstić information content (AvgIpc) is 2.32. The van der Waals surface area contributed by atoms with Gasteiger partial charge in [0.25, 0.3) is 23.0 Å². The number of hydrogen-bond donors (Lipinski definition) is 12. The molecule has 1 atom stereocenters. The second kappa shape index (κ2) is 4.25. The van der Waals surface area contributed by atoms with Gasteiger partial charge in [0.2, 0.25) is 0 Å². The predicted molar refractivity (Wildman–Crippen MR) is 59.8 cm³/mol. The van der Waals surface area contributed by atoms with E-state index in [-0.39, 0.29) is 0 Å². The van der Waals surface area contributed by atoms with Crippen molar-refractivity contribution in [1.82, 2.24) is 0 Å². The lowest BCUT2D eigenvalue weighted by atomic mass is 9.71. The van der Waals surface area contributed by atoms with E-state index in [0.717, 1.165) is 0 Å². The van der Waals surface area contributed by atoms with Crippen LogP contribution in [-0.4, -0.2) is 109 Å². The third-order valence-electron chi connectivity index (χ3n) is 3.62. The highest BCUT2D eigenvalue weighted by Gasteiger charge is 2.86. The molecule has 1 rings (SSSR count). The fraction of sp³-hybridized carbons (Fsp3) is 0.778. The number of aliphatic hydroxyl groups excluding tert-OH is 2. The third-order valence-corrected chi connectivity index (χ3v) is 3.62. The van der Waals surface area contributed by atoms with E-state index in [0.29, 0.717) is 14.1 Å². The summed E-state index contributed by atoms with van der Waals surface area (Å²) in [6.07, 6.45) is 0. The van der Waals surface area contributed by atoms with Gasteiger partial charge in [-0.2, -0.15) is 0 Å². The molecule has 0 fully saturated rings. The van der Waals surface area contributed by atoms with E-state index in [4.69, 9.17) is 0 Å². The van der Waals surface area contributed by atoms with E-state index in [9.17, 15) is 61.4 Å². The Labute approximate surface area is 121 Å². The van der Waals surface area contributed by atoms with Crippen molar-refractivity contribution in [2.24, 2.45) is 0 Å². The molecular weight excluding hydrogens is 314 g/mol. The normalized spacial score (nSPS) is 31.3. The molecule has 0 aromatic carbocycles. The first-order valence-electron chi connectivity index (χ1n) is 5.53. The van der Waals surface area contributed by atoms with Crippen LogP contribution in [0.3, 0.4) is 0 Å². The van der Waals surface area contributed by atoms with Crippen molar-refractivity contribution in [2.45, 2.75) is 28.9 Å². The van der Waals surface area contributed by atoms with Crippen LogP contribution in [-0.2, 0) is 0 Å². The van der Waals surface area contributed by atoms with Crippen molar-refractivity contribution in [2.75, 3.05) is 14.1 Å². The maximum absolute atomic E-state index is 10.1. The summed E-state index contributed by atoms with van der Waals surface area (Å²) >= 11 is 0. The number of nitrogens with zero attached hydrogens (tertiary/aromatic N) is 1. The minimum absolute atomic E-state index is 0.536. The fourth-order valence-corrected chi connectivity index (χ4v) is 1.95. The highest BCUT2D eigenvalue weighted by atomic mass is 16.7. The molecule has 0 spiro atoms. The molecule has 1 unspecified atom stereocenters. The van der Waals surface area contributed by atoms with Gasteiger partial charge >= 0.3 is 5.91 Å². The molecule has 130 valence electrons. The zero-order valence-corrected chi connectivity index (χ0v) is 11.3. The van der Waals surface area contributed by atoms with E-state index >= 15 is 0 Å². The van der Waals surface area contributed by atoms with Gasteiger partial charge in [0.15, 0.2) is 11.5 Å². The summed E-state index contributed by atoms with van der Waals surface area (Å²) < 4.78 is -2.15. The van der Waals surface area contributed by atoms with Gasteiger partial charge in [-0.25, -0.2) is 5.21 Å². The highest BCUT2D eigenvalue weighted by Crippen LogP contribution is 2.51. The van der Waals surface area contributed by atoms with Crippen molar-refractivity contribution in [3.63, 3.8) is 0 Å². The molecule has 0 saturated carbocycles. The standard InChI is InChI=1S/C9H17NO12/c1-10(2,22)9(20,21)5(13)3(11)4(12)6(14,15)8(18,19)7(5,16)17/h13-22H,1-2H3,(H-,11,12)/p+1. The molecule has 0 aliphatic heterocycles. The van der Waals surface area contributed by atoms with Crippen LogP contribution in [0.25, 0.3) is 0 Å². The largest absolute Gasteiger partial charge is 0.505 e. The lowest BCUT2D eigenvalue weighted by Gasteiger charge is -2.55. The molecule has 0 aromatic rings. The number of quaternary nitrogens is 1. The van der Waals surface area contributed by atoms with Crippen molar-refractivity contribution in [1.29, 1.82) is 0 Å². The van der Waals surface area contributed by atoms with Gasteiger partial charge in [0, 0.05) is 0 Å². The van der Waals surface area contributed by atoms with Crippen molar-refractivity contribution in [3.8, 4) is 0 Å². The summed E-state index contributed by atoms with van der Waals surface area (Å²) in [5, 5.41) is 115. The number of likely N-dealkylation sites (N-methyl/N-ethyl adjacent to an activating group) is 1. The number of aliphatic hydroxyl groups is 11. The minimum Gasteiger partial charge on any atom is -0.505 e. The van der Waals surface area contributed by atoms with Gasteiger partial charge in [-0.15, -0.1) is 4.65 Å². The van der Waals surface area contributed by atoms with Crippen molar-refractivity contribution >= 4 is 0 Å². The number of hydrogen-bond acceptors (Lipinski definition) is 12. The molecule has 0 amide bonds. The SMILES string of the molecule is C[N+](C)(O)C(O)(O)C1(O)C(O)=C(O)C(O)(O)C(O)(O)C1(O)O. The molecule has 12 N–H and O–H groups in total. The Hall–Kier alpha value is -1.10. The molecule has 1 aliphatic rings. The second-order valence-electron chi connectivity index (χ2n) is 5.45. The summed E-state index contributed by atoms with van der Waals surface area (Å²) in [7, 11) is 1.07. The van der Waals surface area contributed by atoms with Gasteiger partial charge in [0.1, 0.15) is 14.1 Å². The zero-order valence-electron chi connectivity index (χ0n) is 11.3. The van der Waals surface area contributed by atoms with Crippen LogP contribution in [0.1, 0.15) is 0 Å². The van der Waals surface area contributed by atoms with Crippen LogP contribution in [0.5, 0.6) is 0 Å². The van der Waals surface area contributed by atoms with E-state index in [1.165, 1.54) is 0 Å². The van der Waals surface area contributed by atoms with Gasteiger partial charge in [0.05, 0.1) is 0 Å². The minimum atomic E-state index is -4.72. The van der Waals surface area contributed by atoms with E-state index in [2.05, 4.69) is 0 Å². The molecule has 1 aliphatic carbocycles. The van der Waals surface area contributed by atoms with E-state index < -0.39 is 45.0 Å². The Morgan fingerprint density at radius 2 is 1.14 bits per heavy atom. The quantitative estimate of drug-likeness (QED) is 0.128. The average molecular weight is 332 g/mol. The third kappa shape index (κ3) is 1.69. The number of hydroxylamine groups is 3. The lowest BCUT2D eigenvalue weighted by Crippen LogP contribution is -2.88. The second-order valence-corrected chi connectivity index (χ2v) is 5.45. The monoisotopic (exact) mass is 332 g/mol. The predicted octanol–water partition coefficient (Wildman–Crippen LogP) is -5.79. The Bertz CT molecular complexity index is 515. The van der Waals surface area contributed by atoms with Crippen LogP contribution in [0.15, 0.2) is 11.5 Å². The Balaban J connectivity index is 3.93. The molecule has 0 saturated heterocycles. The summed E-state index contributed by atoms with van der Waals surface area (Å²) in [4.78, 5) is 0. The van der Waals surface area contributed by atoms with Gasteiger partial charge in [-0.05, 0) is 0 Å². The highest BCUT2D eigenvalue weighted by molar-refractivity contribution is 5.34. The zero-order chi connectivity index (χ0) is 18.2. The molecule has 13 heteroatoms. The Morgan fingerprint density at radius 3 is 1.45 bits per heavy atom. The van der Waals surface area contributed by atoms with Crippen LogP contribution < -0.4 is 0 Å². The molecule has 22 heavy (non-hydrogen) atoms. The van der Waals surface area contributed by atoms with Gasteiger partial charge in [-0.3, -0.25) is 0 Å². The van der Waals surface area contributed by atoms with Crippen molar-refractivity contribution < 1.29 is 66.0 Å². The smallest absolute Gasteiger partial charge is 0.387 e. The topological polar surface area (TPSA) is 243 Å². The summed E-state index contributed by atoms with van der Waals surface area (Å²) in [5.74, 6) is -22.4. The Morgan fingerprint density at radius 1 is 0.773 bits per heavy atom. The first-order chi connectivity index (χ1) is 9.32. The summed E-state index contributed by atoms with van der Waals surface area (Å²) in [5.41, 5.74) is -4.42. The first-order valence-corrected chi connectivity index (χ1v) is 5.53. The van der Waals surface area contributed by atoms with Crippen LogP contribution in [0.2, 0.25) is 0 Å². The van der Waals surface area contributed by atoms with E-state index in [1.54, 1.807) is 0 Å². The first kappa shape index (κ1) is 18.9.